The van der Waals surface area contributed by atoms with Gasteiger partial charge in [-0.15, -0.1) is 0 Å². The summed E-state index contributed by atoms with van der Waals surface area (Å²) in [5.41, 5.74) is 2.14. The second-order valence-electron chi connectivity index (χ2n) is 4.77. The second-order valence-corrected chi connectivity index (χ2v) is 4.77. The zero-order valence-electron chi connectivity index (χ0n) is 11.8. The molecule has 3 rings (SSSR count). The number of anilines is 3. The number of nitrogens with one attached hydrogen (secondary N) is 2. The standard InChI is InChI=1S/C16H13FN4O/c1-10(22)20-12-3-5-13(6-4-12)21-16-14-8-11(17)2-7-15(14)18-9-19-16/h2-9H,1H3,(H,20,22)(H,18,19,21). The van der Waals surface area contributed by atoms with Crippen LogP contribution in [0.25, 0.3) is 10.9 Å². The summed E-state index contributed by atoms with van der Waals surface area (Å²) in [6.45, 7) is 1.45. The van der Waals surface area contributed by atoms with E-state index in [2.05, 4.69) is 20.6 Å². The van der Waals surface area contributed by atoms with Crippen LogP contribution >= 0.6 is 0 Å². The normalized spacial score (nSPS) is 10.5. The minimum absolute atomic E-state index is 0.127. The number of carbonyl (C=O) groups is 1. The van der Waals surface area contributed by atoms with Crippen molar-refractivity contribution < 1.29 is 9.18 Å². The lowest BCUT2D eigenvalue weighted by atomic mass is 10.2. The van der Waals surface area contributed by atoms with Crippen LogP contribution < -0.4 is 10.6 Å². The molecule has 0 spiro atoms. The fraction of sp³-hybridized carbons (Fsp3) is 0.0625. The van der Waals surface area contributed by atoms with E-state index in [1.165, 1.54) is 25.4 Å². The molecule has 0 aliphatic heterocycles. The molecule has 0 saturated heterocycles. The highest BCUT2D eigenvalue weighted by atomic mass is 19.1. The van der Waals surface area contributed by atoms with Crippen LogP contribution in [0.15, 0.2) is 48.8 Å². The lowest BCUT2D eigenvalue weighted by Gasteiger charge is -2.09. The first kappa shape index (κ1) is 13.9. The van der Waals surface area contributed by atoms with Gasteiger partial charge in [-0.05, 0) is 42.5 Å². The molecule has 5 nitrogen and oxygen atoms in total. The predicted octanol–water partition coefficient (Wildman–Crippen LogP) is 3.47. The van der Waals surface area contributed by atoms with Crippen molar-refractivity contribution in [3.05, 3.63) is 54.6 Å². The molecule has 1 aromatic heterocycles. The van der Waals surface area contributed by atoms with Gasteiger partial charge >= 0.3 is 0 Å². The van der Waals surface area contributed by atoms with Crippen molar-refractivity contribution in [3.8, 4) is 0 Å². The van der Waals surface area contributed by atoms with Gasteiger partial charge in [0.05, 0.1) is 5.52 Å². The van der Waals surface area contributed by atoms with Gasteiger partial charge in [0.25, 0.3) is 0 Å². The number of nitrogens with zero attached hydrogens (tertiary/aromatic N) is 2. The molecule has 2 N–H and O–H groups in total. The maximum absolute atomic E-state index is 13.4. The Morgan fingerprint density at radius 1 is 1.05 bits per heavy atom. The topological polar surface area (TPSA) is 66.9 Å². The van der Waals surface area contributed by atoms with E-state index < -0.39 is 0 Å². The van der Waals surface area contributed by atoms with Crippen molar-refractivity contribution in [3.63, 3.8) is 0 Å². The Morgan fingerprint density at radius 2 is 1.77 bits per heavy atom. The van der Waals surface area contributed by atoms with Gasteiger partial charge in [-0.2, -0.15) is 0 Å². The van der Waals surface area contributed by atoms with Crippen molar-refractivity contribution in [2.24, 2.45) is 0 Å². The third kappa shape index (κ3) is 3.01. The number of fused-ring (bicyclic) bond motifs is 1. The van der Waals surface area contributed by atoms with E-state index in [1.54, 1.807) is 30.3 Å². The molecule has 0 aliphatic carbocycles. The summed E-state index contributed by atoms with van der Waals surface area (Å²) in [7, 11) is 0. The maximum atomic E-state index is 13.4. The Morgan fingerprint density at radius 3 is 2.50 bits per heavy atom. The van der Waals surface area contributed by atoms with Crippen LogP contribution in [-0.2, 0) is 4.79 Å². The van der Waals surface area contributed by atoms with Crippen molar-refractivity contribution >= 4 is 34.0 Å². The monoisotopic (exact) mass is 296 g/mol. The highest BCUT2D eigenvalue weighted by molar-refractivity contribution is 5.91. The number of carbonyl (C=O) groups excluding carboxylic acids is 1. The van der Waals surface area contributed by atoms with E-state index in [0.717, 1.165) is 5.69 Å². The number of hydrogen-bond donors (Lipinski definition) is 2. The van der Waals surface area contributed by atoms with Crippen LogP contribution in [0.3, 0.4) is 0 Å². The van der Waals surface area contributed by atoms with Crippen LogP contribution in [0.4, 0.5) is 21.6 Å². The molecule has 3 aromatic rings. The first-order valence-electron chi connectivity index (χ1n) is 6.67. The van der Waals surface area contributed by atoms with Crippen molar-refractivity contribution in [2.75, 3.05) is 10.6 Å². The molecule has 0 unspecified atom stereocenters. The van der Waals surface area contributed by atoms with Crippen molar-refractivity contribution in [1.29, 1.82) is 0 Å². The summed E-state index contributed by atoms with van der Waals surface area (Å²) in [5.74, 6) is 0.0566. The minimum atomic E-state index is -0.341. The van der Waals surface area contributed by atoms with Gasteiger partial charge in [0.2, 0.25) is 5.91 Å². The van der Waals surface area contributed by atoms with Gasteiger partial charge in [-0.3, -0.25) is 4.79 Å². The Bertz CT molecular complexity index is 833. The molecule has 6 heteroatoms. The minimum Gasteiger partial charge on any atom is -0.340 e. The average molecular weight is 296 g/mol. The third-order valence-electron chi connectivity index (χ3n) is 3.07. The summed E-state index contributed by atoms with van der Waals surface area (Å²) in [6, 6.07) is 11.5. The van der Waals surface area contributed by atoms with Gasteiger partial charge in [0, 0.05) is 23.7 Å². The van der Waals surface area contributed by atoms with Gasteiger partial charge in [0.15, 0.2) is 0 Å². The van der Waals surface area contributed by atoms with Gasteiger partial charge in [-0.1, -0.05) is 0 Å². The summed E-state index contributed by atoms with van der Waals surface area (Å²) in [4.78, 5) is 19.2. The molecule has 2 aromatic carbocycles. The summed E-state index contributed by atoms with van der Waals surface area (Å²) in [6.07, 6.45) is 1.42. The van der Waals surface area contributed by atoms with Crippen LogP contribution in [0.2, 0.25) is 0 Å². The zero-order valence-corrected chi connectivity index (χ0v) is 11.8. The second kappa shape index (κ2) is 5.77. The fourth-order valence-corrected chi connectivity index (χ4v) is 2.11. The van der Waals surface area contributed by atoms with Crippen LogP contribution in [0, 0.1) is 5.82 Å². The van der Waals surface area contributed by atoms with E-state index in [-0.39, 0.29) is 11.7 Å². The number of amides is 1. The number of hydrogen-bond acceptors (Lipinski definition) is 4. The average Bonchev–Trinajstić information content (AvgIpc) is 2.49. The van der Waals surface area contributed by atoms with Crippen LogP contribution in [0.5, 0.6) is 0 Å². The SMILES string of the molecule is CC(=O)Nc1ccc(Nc2ncnc3ccc(F)cc23)cc1. The van der Waals surface area contributed by atoms with E-state index in [0.29, 0.717) is 22.4 Å². The first-order chi connectivity index (χ1) is 10.6. The molecular formula is C16H13FN4O. The zero-order chi connectivity index (χ0) is 15.5. The number of rotatable bonds is 3. The molecule has 0 bridgehead atoms. The number of benzene rings is 2. The highest BCUT2D eigenvalue weighted by Gasteiger charge is 2.05. The Labute approximate surface area is 126 Å². The Hall–Kier alpha value is -3.02. The Balaban J connectivity index is 1.89. The molecule has 0 saturated carbocycles. The van der Waals surface area contributed by atoms with E-state index in [1.807, 2.05) is 0 Å². The largest absolute Gasteiger partial charge is 0.340 e. The van der Waals surface area contributed by atoms with Crippen molar-refractivity contribution in [1.82, 2.24) is 9.97 Å². The van der Waals surface area contributed by atoms with Gasteiger partial charge < -0.3 is 10.6 Å². The smallest absolute Gasteiger partial charge is 0.221 e. The van der Waals surface area contributed by atoms with Gasteiger partial charge in [-0.25, -0.2) is 14.4 Å². The quantitative estimate of drug-likeness (QED) is 0.776. The van der Waals surface area contributed by atoms with E-state index in [4.69, 9.17) is 0 Å². The summed E-state index contributed by atoms with van der Waals surface area (Å²) in [5, 5.41) is 6.42. The summed E-state index contributed by atoms with van der Waals surface area (Å²) < 4.78 is 13.4. The van der Waals surface area contributed by atoms with Crippen molar-refractivity contribution in [2.45, 2.75) is 6.92 Å². The molecule has 0 atom stereocenters. The Kier molecular flexibility index (Phi) is 3.65. The van der Waals surface area contributed by atoms with E-state index in [9.17, 15) is 9.18 Å². The summed E-state index contributed by atoms with van der Waals surface area (Å²) >= 11 is 0. The molecular weight excluding hydrogens is 283 g/mol. The number of aromatic nitrogens is 2. The molecule has 0 aliphatic rings. The molecule has 0 fully saturated rings. The molecule has 110 valence electrons. The predicted molar refractivity (Wildman–Crippen MR) is 83.5 cm³/mol. The maximum Gasteiger partial charge on any atom is 0.221 e. The van der Waals surface area contributed by atoms with Gasteiger partial charge in [0.1, 0.15) is 18.0 Å². The van der Waals surface area contributed by atoms with E-state index >= 15 is 0 Å². The lowest BCUT2D eigenvalue weighted by Crippen LogP contribution is -2.05. The molecule has 1 heterocycles. The van der Waals surface area contributed by atoms with Crippen LogP contribution in [-0.4, -0.2) is 15.9 Å². The molecule has 0 radical (unpaired) electrons. The third-order valence-corrected chi connectivity index (χ3v) is 3.07. The lowest BCUT2D eigenvalue weighted by molar-refractivity contribution is -0.114. The highest BCUT2D eigenvalue weighted by Crippen LogP contribution is 2.24. The fourth-order valence-electron chi connectivity index (χ4n) is 2.11. The first-order valence-corrected chi connectivity index (χ1v) is 6.67. The molecule has 1 amide bonds. The van der Waals surface area contributed by atoms with Crippen LogP contribution in [0.1, 0.15) is 6.92 Å². The number of halogens is 1. The molecule has 22 heavy (non-hydrogen) atoms.